The minimum absolute atomic E-state index is 0.0820. The summed E-state index contributed by atoms with van der Waals surface area (Å²) in [4.78, 5) is 26.3. The van der Waals surface area contributed by atoms with E-state index in [1.54, 1.807) is 35.2 Å². The molecule has 0 aromatic heterocycles. The Kier molecular flexibility index (Phi) is 5.44. The van der Waals surface area contributed by atoms with Crippen molar-refractivity contribution in [2.75, 3.05) is 5.32 Å². The first-order valence-electron chi connectivity index (χ1n) is 9.07. The molecule has 3 rings (SSSR count). The Balaban J connectivity index is 1.59. The van der Waals surface area contributed by atoms with Crippen LogP contribution in [0, 0.1) is 11.7 Å². The molecule has 0 saturated carbocycles. The molecular formula is C21H24FN3O2. The molecule has 142 valence electrons. The predicted molar refractivity (Wildman–Crippen MR) is 103 cm³/mol. The number of anilines is 1. The van der Waals surface area contributed by atoms with Crippen molar-refractivity contribution in [1.29, 1.82) is 0 Å². The van der Waals surface area contributed by atoms with Gasteiger partial charge in [-0.25, -0.2) is 9.18 Å². The Labute approximate surface area is 158 Å². The lowest BCUT2D eigenvalue weighted by molar-refractivity contribution is 0.0930. The van der Waals surface area contributed by atoms with Gasteiger partial charge < -0.3 is 15.5 Å². The second-order valence-electron chi connectivity index (χ2n) is 7.28. The number of carbonyl (C=O) groups is 2. The van der Waals surface area contributed by atoms with Crippen molar-refractivity contribution in [2.24, 2.45) is 5.92 Å². The van der Waals surface area contributed by atoms with E-state index in [0.29, 0.717) is 30.3 Å². The number of nitrogens with one attached hydrogen (secondary N) is 2. The zero-order chi connectivity index (χ0) is 19.6. The Morgan fingerprint density at radius 2 is 1.67 bits per heavy atom. The van der Waals surface area contributed by atoms with Gasteiger partial charge in [0.15, 0.2) is 0 Å². The number of halogens is 1. The van der Waals surface area contributed by atoms with Gasteiger partial charge in [0.1, 0.15) is 5.82 Å². The van der Waals surface area contributed by atoms with Gasteiger partial charge in [0.2, 0.25) is 0 Å². The predicted octanol–water partition coefficient (Wildman–Crippen LogP) is 4.15. The van der Waals surface area contributed by atoms with Crippen LogP contribution in [0.25, 0.3) is 0 Å². The summed E-state index contributed by atoms with van der Waals surface area (Å²) in [5.41, 5.74) is 2.94. The Morgan fingerprint density at radius 3 is 2.33 bits per heavy atom. The van der Waals surface area contributed by atoms with E-state index in [1.807, 2.05) is 6.92 Å². The fraction of sp³-hybridized carbons (Fsp3) is 0.333. The van der Waals surface area contributed by atoms with E-state index >= 15 is 0 Å². The fourth-order valence-corrected chi connectivity index (χ4v) is 2.87. The van der Waals surface area contributed by atoms with Gasteiger partial charge in [-0.05, 0) is 60.4 Å². The molecule has 0 bridgehead atoms. The van der Waals surface area contributed by atoms with E-state index in [1.165, 1.54) is 12.1 Å². The lowest BCUT2D eigenvalue weighted by Crippen LogP contribution is -2.36. The lowest BCUT2D eigenvalue weighted by atomic mass is 10.1. The quantitative estimate of drug-likeness (QED) is 0.851. The summed E-state index contributed by atoms with van der Waals surface area (Å²) >= 11 is 0. The molecular weight excluding hydrogens is 345 g/mol. The van der Waals surface area contributed by atoms with Crippen LogP contribution in [0.5, 0.6) is 0 Å². The molecule has 2 aromatic carbocycles. The van der Waals surface area contributed by atoms with Gasteiger partial charge in [-0.2, -0.15) is 0 Å². The van der Waals surface area contributed by atoms with Crippen LogP contribution in [0.3, 0.4) is 0 Å². The van der Waals surface area contributed by atoms with Crippen LogP contribution in [-0.2, 0) is 13.1 Å². The van der Waals surface area contributed by atoms with E-state index in [9.17, 15) is 14.0 Å². The van der Waals surface area contributed by atoms with Crippen LogP contribution in [0.15, 0.2) is 42.5 Å². The Bertz CT molecular complexity index is 849. The zero-order valence-electron chi connectivity index (χ0n) is 15.8. The summed E-state index contributed by atoms with van der Waals surface area (Å²) in [7, 11) is 0. The molecule has 1 atom stereocenters. The summed E-state index contributed by atoms with van der Waals surface area (Å²) < 4.78 is 13.3. The third-order valence-electron chi connectivity index (χ3n) is 4.94. The van der Waals surface area contributed by atoms with Gasteiger partial charge in [0.25, 0.3) is 5.91 Å². The molecule has 0 spiro atoms. The van der Waals surface area contributed by atoms with E-state index in [2.05, 4.69) is 24.5 Å². The van der Waals surface area contributed by atoms with Gasteiger partial charge in [-0.3, -0.25) is 4.79 Å². The molecule has 2 aromatic rings. The normalized spacial score (nSPS) is 14.0. The molecule has 1 aliphatic heterocycles. The number of amides is 3. The SMILES string of the molecule is CC(C)[C@H](C)NC(=O)c1ccc(NC(=O)N2Cc3ccc(F)cc3C2)cc1. The summed E-state index contributed by atoms with van der Waals surface area (Å²) in [5.74, 6) is -0.0756. The number of nitrogens with zero attached hydrogens (tertiary/aromatic N) is 1. The van der Waals surface area contributed by atoms with Crippen molar-refractivity contribution in [3.8, 4) is 0 Å². The molecule has 1 heterocycles. The van der Waals surface area contributed by atoms with Gasteiger partial charge in [-0.1, -0.05) is 19.9 Å². The molecule has 5 nitrogen and oxygen atoms in total. The van der Waals surface area contributed by atoms with Crippen molar-refractivity contribution in [3.05, 3.63) is 65.0 Å². The Morgan fingerprint density at radius 1 is 1.00 bits per heavy atom. The first-order chi connectivity index (χ1) is 12.8. The highest BCUT2D eigenvalue weighted by atomic mass is 19.1. The number of urea groups is 1. The minimum Gasteiger partial charge on any atom is -0.349 e. The van der Waals surface area contributed by atoms with Crippen molar-refractivity contribution >= 4 is 17.6 Å². The molecule has 0 aliphatic carbocycles. The molecule has 2 N–H and O–H groups in total. The molecule has 1 aliphatic rings. The summed E-state index contributed by atoms with van der Waals surface area (Å²) in [6.07, 6.45) is 0. The highest BCUT2D eigenvalue weighted by Crippen LogP contribution is 2.24. The third kappa shape index (κ3) is 4.45. The number of hydrogen-bond acceptors (Lipinski definition) is 2. The zero-order valence-corrected chi connectivity index (χ0v) is 15.8. The number of carbonyl (C=O) groups excluding carboxylic acids is 2. The smallest absolute Gasteiger partial charge is 0.322 e. The highest BCUT2D eigenvalue weighted by Gasteiger charge is 2.23. The molecule has 3 amide bonds. The maximum absolute atomic E-state index is 13.3. The highest BCUT2D eigenvalue weighted by molar-refractivity contribution is 5.95. The number of fused-ring (bicyclic) bond motifs is 1. The summed E-state index contributed by atoms with van der Waals surface area (Å²) in [6, 6.07) is 11.2. The van der Waals surface area contributed by atoms with E-state index in [0.717, 1.165) is 11.1 Å². The average molecular weight is 369 g/mol. The van der Waals surface area contributed by atoms with Crippen molar-refractivity contribution in [1.82, 2.24) is 10.2 Å². The van der Waals surface area contributed by atoms with Gasteiger partial charge >= 0.3 is 6.03 Å². The number of rotatable bonds is 4. The van der Waals surface area contributed by atoms with E-state index in [4.69, 9.17) is 0 Å². The second-order valence-corrected chi connectivity index (χ2v) is 7.28. The first kappa shape index (κ1) is 18.9. The van der Waals surface area contributed by atoms with E-state index in [-0.39, 0.29) is 23.8 Å². The maximum Gasteiger partial charge on any atom is 0.322 e. The van der Waals surface area contributed by atoms with Crippen LogP contribution < -0.4 is 10.6 Å². The third-order valence-corrected chi connectivity index (χ3v) is 4.94. The molecule has 0 fully saturated rings. The molecule has 0 unspecified atom stereocenters. The van der Waals surface area contributed by atoms with Crippen LogP contribution >= 0.6 is 0 Å². The topological polar surface area (TPSA) is 61.4 Å². The van der Waals surface area contributed by atoms with Crippen LogP contribution in [0.2, 0.25) is 0 Å². The Hall–Kier alpha value is -2.89. The minimum atomic E-state index is -0.295. The van der Waals surface area contributed by atoms with Gasteiger partial charge in [0, 0.05) is 30.4 Å². The maximum atomic E-state index is 13.3. The van der Waals surface area contributed by atoms with Gasteiger partial charge in [0.05, 0.1) is 0 Å². The number of benzene rings is 2. The molecule has 27 heavy (non-hydrogen) atoms. The first-order valence-corrected chi connectivity index (χ1v) is 9.07. The summed E-state index contributed by atoms with van der Waals surface area (Å²) in [5, 5.41) is 5.77. The average Bonchev–Trinajstić information content (AvgIpc) is 3.05. The second kappa shape index (κ2) is 7.78. The molecule has 0 radical (unpaired) electrons. The summed E-state index contributed by atoms with van der Waals surface area (Å²) in [6.45, 7) is 6.90. The number of hydrogen-bond donors (Lipinski definition) is 2. The van der Waals surface area contributed by atoms with E-state index < -0.39 is 0 Å². The largest absolute Gasteiger partial charge is 0.349 e. The monoisotopic (exact) mass is 369 g/mol. The van der Waals surface area contributed by atoms with Crippen LogP contribution in [0.1, 0.15) is 42.3 Å². The van der Waals surface area contributed by atoms with Crippen LogP contribution in [-0.4, -0.2) is 22.9 Å². The fourth-order valence-electron chi connectivity index (χ4n) is 2.87. The van der Waals surface area contributed by atoms with Crippen molar-refractivity contribution in [2.45, 2.75) is 39.9 Å². The lowest BCUT2D eigenvalue weighted by Gasteiger charge is -2.18. The molecule has 6 heteroatoms. The van der Waals surface area contributed by atoms with Gasteiger partial charge in [-0.15, -0.1) is 0 Å². The molecule has 0 saturated heterocycles. The van der Waals surface area contributed by atoms with Crippen molar-refractivity contribution in [3.63, 3.8) is 0 Å². The van der Waals surface area contributed by atoms with Crippen LogP contribution in [0.4, 0.5) is 14.9 Å². The van der Waals surface area contributed by atoms with Crippen molar-refractivity contribution < 1.29 is 14.0 Å². The standard InChI is InChI=1S/C21H24FN3O2/c1-13(2)14(3)23-20(26)15-5-8-19(9-6-15)24-21(27)25-11-16-4-7-18(22)10-17(16)12-25/h4-10,13-14H,11-12H2,1-3H3,(H,23,26)(H,24,27)/t14-/m0/s1.